The Morgan fingerprint density at radius 2 is 1.45 bits per heavy atom. The molecule has 0 spiro atoms. The Kier molecular flexibility index (Phi) is 77.6. The Morgan fingerprint density at radius 3 is 1.79 bits per heavy atom. The summed E-state index contributed by atoms with van der Waals surface area (Å²) < 4.78 is 0. The molecule has 0 saturated carbocycles. The monoisotopic (exact) mass is 608 g/mol. The van der Waals surface area contributed by atoms with Crippen LogP contribution in [0.15, 0.2) is 12.7 Å². The topological polar surface area (TPSA) is 149 Å². The summed E-state index contributed by atoms with van der Waals surface area (Å²) >= 11 is 0. The minimum Gasteiger partial charge on any atom is -0.481 e. The maximum Gasteiger partial charge on any atom is 0.303 e. The van der Waals surface area contributed by atoms with Crippen molar-refractivity contribution in [3.05, 3.63) is 12.7 Å². The predicted octanol–water partition coefficient (Wildman–Crippen LogP) is 5.18. The van der Waals surface area contributed by atoms with Crippen molar-refractivity contribution < 1.29 is 24.3 Å². The molecule has 0 fully saturated rings. The van der Waals surface area contributed by atoms with Gasteiger partial charge in [0, 0.05) is 38.6 Å². The highest BCUT2D eigenvalue weighted by atomic mass is 16.4. The van der Waals surface area contributed by atoms with Gasteiger partial charge in [0.05, 0.1) is 6.04 Å². The van der Waals surface area contributed by atoms with Crippen LogP contribution in [0, 0.1) is 5.92 Å². The summed E-state index contributed by atoms with van der Waals surface area (Å²) in [5.41, 5.74) is 0. The molecule has 0 aromatic carbocycles. The van der Waals surface area contributed by atoms with Crippen molar-refractivity contribution in [3.8, 4) is 0 Å². The molecule has 0 saturated heterocycles. The van der Waals surface area contributed by atoms with Crippen molar-refractivity contribution in [2.45, 2.75) is 126 Å². The molecule has 1 amide bonds. The number of carbonyl (C=O) groups excluding carboxylic acids is 3. The fourth-order valence-electron chi connectivity index (χ4n) is 2.62. The van der Waals surface area contributed by atoms with E-state index in [-0.39, 0.29) is 18.4 Å². The summed E-state index contributed by atoms with van der Waals surface area (Å²) in [4.78, 5) is 38.8. The highest BCUT2D eigenvalue weighted by Crippen LogP contribution is 2.04. The van der Waals surface area contributed by atoms with Gasteiger partial charge in [-0.3, -0.25) is 9.59 Å². The van der Waals surface area contributed by atoms with Crippen LogP contribution in [0.5, 0.6) is 0 Å². The Balaban J connectivity index is -0.0000000779. The van der Waals surface area contributed by atoms with Crippen LogP contribution in [0.3, 0.4) is 0 Å². The number of likely N-dealkylation sites (N-methyl/N-ethyl adjacent to an activating group) is 2. The minimum atomic E-state index is -0.841. The van der Waals surface area contributed by atoms with Crippen molar-refractivity contribution in [2.75, 3.05) is 40.4 Å². The maximum absolute atomic E-state index is 11.4. The molecular formula is C32H73N5O5. The third-order valence-corrected chi connectivity index (χ3v) is 4.44. The van der Waals surface area contributed by atoms with Crippen LogP contribution < -0.4 is 26.6 Å². The highest BCUT2D eigenvalue weighted by Gasteiger charge is 2.16. The standard InChI is InChI=1S/C10H20N2O.C9H23N3.C5H8O3.C3H8.2C2H6.CH2O/c1-5-6-12-10(13)9(11-4)7-8(2)3;1-4-6-9(10-3)7-12-8-11-5-2;6-4-2-1-3-5(7)8;1-3-2;3*1-2/h5,8-9,11H,1,6-7H2,2-4H3,(H,12,13);9-12H,4-8H2,1-3H3;4H,1-3H2,(H,7,8);3H2,1-2H3;2*1-2H3;1H2. The van der Waals surface area contributed by atoms with Gasteiger partial charge in [0.2, 0.25) is 5.91 Å². The molecule has 0 aromatic rings. The second kappa shape index (κ2) is 58.5. The molecule has 0 radical (unpaired) electrons. The van der Waals surface area contributed by atoms with Gasteiger partial charge in [-0.1, -0.05) is 88.2 Å². The molecule has 0 bridgehead atoms. The van der Waals surface area contributed by atoms with E-state index in [1.54, 1.807) is 13.1 Å². The van der Waals surface area contributed by atoms with Crippen LogP contribution in [0.25, 0.3) is 0 Å². The SMILES string of the molecule is C=CCNC(=O)C(CC(C)C)NC.C=O.CC.CC.CCC.CCCC(CNCNCC)NC.O=CCCCC(=O)O. The van der Waals surface area contributed by atoms with E-state index in [1.165, 1.54) is 19.3 Å². The number of carbonyl (C=O) groups is 4. The number of hydrogen-bond donors (Lipinski definition) is 6. The minimum absolute atomic E-state index is 0.0519. The highest BCUT2D eigenvalue weighted by molar-refractivity contribution is 5.81. The Morgan fingerprint density at radius 1 is 0.929 bits per heavy atom. The number of carboxylic acid groups (broad SMARTS) is 1. The fraction of sp³-hybridized carbons (Fsp3) is 0.812. The first-order valence-corrected chi connectivity index (χ1v) is 15.7. The second-order valence-corrected chi connectivity index (χ2v) is 8.67. The third-order valence-electron chi connectivity index (χ3n) is 4.44. The van der Waals surface area contributed by atoms with Crippen molar-refractivity contribution >= 4 is 25.0 Å². The van der Waals surface area contributed by atoms with Crippen molar-refractivity contribution in [3.63, 3.8) is 0 Å². The molecule has 10 nitrogen and oxygen atoms in total. The quantitative estimate of drug-likeness (QED) is 0.0537. The van der Waals surface area contributed by atoms with Crippen LogP contribution in [0.1, 0.15) is 114 Å². The lowest BCUT2D eigenvalue weighted by Gasteiger charge is -2.17. The third kappa shape index (κ3) is 66.3. The second-order valence-electron chi connectivity index (χ2n) is 8.67. The summed E-state index contributed by atoms with van der Waals surface area (Å²) in [7, 11) is 3.83. The maximum atomic E-state index is 11.4. The zero-order valence-corrected chi connectivity index (χ0v) is 29.7. The molecule has 0 aliphatic carbocycles. The van der Waals surface area contributed by atoms with E-state index in [4.69, 9.17) is 9.90 Å². The zero-order valence-electron chi connectivity index (χ0n) is 29.7. The number of hydrogen-bond acceptors (Lipinski definition) is 8. The van der Waals surface area contributed by atoms with E-state index in [9.17, 15) is 14.4 Å². The van der Waals surface area contributed by atoms with Crippen molar-refractivity contribution in [2.24, 2.45) is 5.92 Å². The Hall–Kier alpha value is -2.14. The van der Waals surface area contributed by atoms with Gasteiger partial charge in [0.15, 0.2) is 0 Å². The largest absolute Gasteiger partial charge is 0.481 e. The van der Waals surface area contributed by atoms with Gasteiger partial charge >= 0.3 is 5.97 Å². The number of carboxylic acids is 1. The molecule has 42 heavy (non-hydrogen) atoms. The van der Waals surface area contributed by atoms with Gasteiger partial charge in [-0.2, -0.15) is 0 Å². The molecule has 0 aliphatic heterocycles. The predicted molar refractivity (Wildman–Crippen MR) is 183 cm³/mol. The molecule has 2 atom stereocenters. The van der Waals surface area contributed by atoms with E-state index < -0.39 is 5.97 Å². The van der Waals surface area contributed by atoms with Crippen molar-refractivity contribution in [1.29, 1.82) is 0 Å². The Bertz CT molecular complexity index is 510. The van der Waals surface area contributed by atoms with Crippen LogP contribution >= 0.6 is 0 Å². The van der Waals surface area contributed by atoms with Crippen LogP contribution in [0.4, 0.5) is 0 Å². The zero-order chi connectivity index (χ0) is 34.6. The van der Waals surface area contributed by atoms with Gasteiger partial charge in [-0.15, -0.1) is 6.58 Å². The molecule has 0 aliphatic rings. The number of rotatable bonds is 18. The van der Waals surface area contributed by atoms with Crippen molar-refractivity contribution in [1.82, 2.24) is 26.6 Å². The number of unbranched alkanes of at least 4 members (excludes halogenated alkanes) is 1. The molecule has 2 unspecified atom stereocenters. The molecule has 256 valence electrons. The number of aliphatic carboxylic acids is 1. The number of amides is 1. The van der Waals surface area contributed by atoms with Crippen LogP contribution in [-0.2, 0) is 19.2 Å². The normalized spacial score (nSPS) is 10.1. The van der Waals surface area contributed by atoms with Gasteiger partial charge < -0.3 is 41.3 Å². The van der Waals surface area contributed by atoms with E-state index in [2.05, 4.69) is 74.7 Å². The molecular weight excluding hydrogens is 534 g/mol. The molecule has 10 heteroatoms. The van der Waals surface area contributed by atoms with Gasteiger partial charge in [-0.25, -0.2) is 0 Å². The summed E-state index contributed by atoms with van der Waals surface area (Å²) in [6, 6.07) is 0.536. The lowest BCUT2D eigenvalue weighted by molar-refractivity contribution is -0.137. The number of aldehydes is 1. The Labute approximate surface area is 261 Å². The van der Waals surface area contributed by atoms with E-state index in [0.29, 0.717) is 31.3 Å². The molecule has 0 aromatic heterocycles. The molecule has 6 N–H and O–H groups in total. The summed E-state index contributed by atoms with van der Waals surface area (Å²) in [5, 5.41) is 23.7. The first-order valence-electron chi connectivity index (χ1n) is 15.7. The van der Waals surface area contributed by atoms with E-state index in [1.807, 2.05) is 41.5 Å². The summed E-state index contributed by atoms with van der Waals surface area (Å²) in [6.45, 7) is 29.9. The smallest absolute Gasteiger partial charge is 0.303 e. The van der Waals surface area contributed by atoms with Crippen LogP contribution in [-0.4, -0.2) is 82.5 Å². The van der Waals surface area contributed by atoms with Gasteiger partial charge in [0.1, 0.15) is 13.1 Å². The summed E-state index contributed by atoms with van der Waals surface area (Å²) in [6.07, 6.45) is 7.91. The van der Waals surface area contributed by atoms with E-state index >= 15 is 0 Å². The average molecular weight is 608 g/mol. The average Bonchev–Trinajstić information content (AvgIpc) is 3.00. The molecule has 0 heterocycles. The summed E-state index contributed by atoms with van der Waals surface area (Å²) in [5.74, 6) is -0.269. The first kappa shape index (κ1) is 55.7. The first-order chi connectivity index (χ1) is 20.1. The lowest BCUT2D eigenvalue weighted by atomic mass is 10.0. The molecule has 0 rings (SSSR count). The fourth-order valence-corrected chi connectivity index (χ4v) is 2.62. The van der Waals surface area contributed by atoms with E-state index in [0.717, 1.165) is 32.5 Å². The lowest BCUT2D eigenvalue weighted by Crippen LogP contribution is -2.43. The number of nitrogens with one attached hydrogen (secondary N) is 5. The van der Waals surface area contributed by atoms with Gasteiger partial charge in [-0.05, 0) is 45.8 Å². The van der Waals surface area contributed by atoms with Crippen LogP contribution in [0.2, 0.25) is 0 Å². The van der Waals surface area contributed by atoms with Gasteiger partial charge in [0.25, 0.3) is 0 Å².